The van der Waals surface area contributed by atoms with Crippen LogP contribution < -0.4 is 5.32 Å². The highest BCUT2D eigenvalue weighted by Gasteiger charge is 2.32. The SMILES string of the molecule is CCC1(CNc2snc(C)c2C#N)CCCC1. The molecule has 0 saturated heterocycles. The maximum atomic E-state index is 9.08. The van der Waals surface area contributed by atoms with Gasteiger partial charge in [0.05, 0.1) is 5.69 Å². The van der Waals surface area contributed by atoms with Gasteiger partial charge in [-0.2, -0.15) is 9.64 Å². The van der Waals surface area contributed by atoms with Crippen molar-refractivity contribution in [2.24, 2.45) is 5.41 Å². The first kappa shape index (κ1) is 12.4. The average molecular weight is 249 g/mol. The Balaban J connectivity index is 2.04. The number of nitriles is 1. The quantitative estimate of drug-likeness (QED) is 0.885. The van der Waals surface area contributed by atoms with Gasteiger partial charge in [0.25, 0.3) is 0 Å². The second kappa shape index (κ2) is 5.05. The smallest absolute Gasteiger partial charge is 0.127 e. The summed E-state index contributed by atoms with van der Waals surface area (Å²) >= 11 is 1.41. The third kappa shape index (κ3) is 2.44. The van der Waals surface area contributed by atoms with E-state index in [0.717, 1.165) is 22.8 Å². The van der Waals surface area contributed by atoms with Gasteiger partial charge in [0, 0.05) is 6.54 Å². The zero-order chi connectivity index (χ0) is 12.3. The molecule has 0 spiro atoms. The molecule has 1 N–H and O–H groups in total. The standard InChI is InChI=1S/C13H19N3S/c1-3-13(6-4-5-7-13)9-15-12-11(8-14)10(2)16-17-12/h15H,3-7,9H2,1-2H3. The first-order valence-corrected chi connectivity index (χ1v) is 7.08. The van der Waals surface area contributed by atoms with Gasteiger partial charge in [-0.15, -0.1) is 0 Å². The van der Waals surface area contributed by atoms with Crippen LogP contribution in [-0.2, 0) is 0 Å². The molecule has 0 amide bonds. The molecule has 1 aliphatic rings. The van der Waals surface area contributed by atoms with E-state index in [9.17, 15) is 0 Å². The number of anilines is 1. The second-order valence-corrected chi connectivity index (χ2v) is 5.77. The van der Waals surface area contributed by atoms with Crippen molar-refractivity contribution in [2.75, 3.05) is 11.9 Å². The van der Waals surface area contributed by atoms with E-state index in [2.05, 4.69) is 22.7 Å². The number of rotatable bonds is 4. The molecule has 1 heterocycles. The summed E-state index contributed by atoms with van der Waals surface area (Å²) in [5, 5.41) is 13.5. The Kier molecular flexibility index (Phi) is 3.68. The van der Waals surface area contributed by atoms with Crippen LogP contribution in [-0.4, -0.2) is 10.9 Å². The molecule has 0 radical (unpaired) electrons. The number of hydrogen-bond donors (Lipinski definition) is 1. The van der Waals surface area contributed by atoms with Crippen molar-refractivity contribution in [3.63, 3.8) is 0 Å². The number of nitrogens with zero attached hydrogens (tertiary/aromatic N) is 2. The molecule has 0 bridgehead atoms. The molecule has 0 aromatic carbocycles. The first-order valence-electron chi connectivity index (χ1n) is 6.31. The fourth-order valence-corrected chi connectivity index (χ4v) is 3.41. The molecule has 1 fully saturated rings. The Morgan fingerprint density at radius 1 is 1.47 bits per heavy atom. The number of aromatic nitrogens is 1. The van der Waals surface area contributed by atoms with Crippen molar-refractivity contribution in [2.45, 2.75) is 46.0 Å². The lowest BCUT2D eigenvalue weighted by molar-refractivity contribution is 0.307. The van der Waals surface area contributed by atoms with Crippen LogP contribution in [0, 0.1) is 23.7 Å². The van der Waals surface area contributed by atoms with Crippen LogP contribution in [0.15, 0.2) is 0 Å². The molecule has 0 unspecified atom stereocenters. The molecular formula is C13H19N3S. The summed E-state index contributed by atoms with van der Waals surface area (Å²) in [6.07, 6.45) is 6.55. The summed E-state index contributed by atoms with van der Waals surface area (Å²) < 4.78 is 4.24. The predicted molar refractivity (Wildman–Crippen MR) is 71.2 cm³/mol. The van der Waals surface area contributed by atoms with Gasteiger partial charge in [0.2, 0.25) is 0 Å². The zero-order valence-electron chi connectivity index (χ0n) is 10.5. The molecule has 3 nitrogen and oxygen atoms in total. The normalized spacial score (nSPS) is 17.9. The highest BCUT2D eigenvalue weighted by atomic mass is 32.1. The Labute approximate surface area is 107 Å². The van der Waals surface area contributed by atoms with E-state index in [-0.39, 0.29) is 0 Å². The Morgan fingerprint density at radius 2 is 2.18 bits per heavy atom. The summed E-state index contributed by atoms with van der Waals surface area (Å²) in [5.74, 6) is 0. The van der Waals surface area contributed by atoms with Crippen LogP contribution >= 0.6 is 11.5 Å². The zero-order valence-corrected chi connectivity index (χ0v) is 11.4. The van der Waals surface area contributed by atoms with Crippen molar-refractivity contribution < 1.29 is 0 Å². The second-order valence-electron chi connectivity index (χ2n) is 5.00. The highest BCUT2D eigenvalue weighted by molar-refractivity contribution is 7.10. The molecule has 0 atom stereocenters. The van der Waals surface area contributed by atoms with Gasteiger partial charge >= 0.3 is 0 Å². The van der Waals surface area contributed by atoms with E-state index >= 15 is 0 Å². The molecule has 1 aromatic heterocycles. The van der Waals surface area contributed by atoms with Crippen LogP contribution in [0.3, 0.4) is 0 Å². The molecule has 92 valence electrons. The molecular weight excluding hydrogens is 230 g/mol. The van der Waals surface area contributed by atoms with Crippen LogP contribution in [0.1, 0.15) is 50.3 Å². The van der Waals surface area contributed by atoms with E-state index in [0.29, 0.717) is 5.41 Å². The average Bonchev–Trinajstić information content (AvgIpc) is 2.94. The number of aryl methyl sites for hydroxylation is 1. The molecule has 1 aliphatic carbocycles. The van der Waals surface area contributed by atoms with Crippen LogP contribution in [0.2, 0.25) is 0 Å². The van der Waals surface area contributed by atoms with Crippen LogP contribution in [0.25, 0.3) is 0 Å². The summed E-state index contributed by atoms with van der Waals surface area (Å²) in [5.41, 5.74) is 2.01. The van der Waals surface area contributed by atoms with Gasteiger partial charge in [0.15, 0.2) is 0 Å². The van der Waals surface area contributed by atoms with E-state index < -0.39 is 0 Å². The minimum absolute atomic E-state index is 0.449. The Bertz CT molecular complexity index is 424. The molecule has 1 aromatic rings. The fourth-order valence-electron chi connectivity index (χ4n) is 2.67. The lowest BCUT2D eigenvalue weighted by Crippen LogP contribution is -2.25. The number of hydrogen-bond acceptors (Lipinski definition) is 4. The topological polar surface area (TPSA) is 48.7 Å². The van der Waals surface area contributed by atoms with Gasteiger partial charge in [0.1, 0.15) is 16.6 Å². The van der Waals surface area contributed by atoms with Gasteiger partial charge < -0.3 is 5.32 Å². The first-order chi connectivity index (χ1) is 8.21. The van der Waals surface area contributed by atoms with Crippen molar-refractivity contribution in [1.29, 1.82) is 5.26 Å². The van der Waals surface area contributed by atoms with E-state index in [1.54, 1.807) is 0 Å². The van der Waals surface area contributed by atoms with E-state index in [1.807, 2.05) is 6.92 Å². The van der Waals surface area contributed by atoms with E-state index in [1.165, 1.54) is 43.6 Å². The molecule has 17 heavy (non-hydrogen) atoms. The molecule has 4 heteroatoms. The van der Waals surface area contributed by atoms with Gasteiger partial charge in [-0.1, -0.05) is 19.8 Å². The Hall–Kier alpha value is -1.08. The molecule has 1 saturated carbocycles. The van der Waals surface area contributed by atoms with Crippen molar-refractivity contribution in [3.05, 3.63) is 11.3 Å². The predicted octanol–water partition coefficient (Wildman–Crippen LogP) is 3.71. The molecule has 0 aliphatic heterocycles. The summed E-state index contributed by atoms with van der Waals surface area (Å²) in [6, 6.07) is 2.24. The minimum atomic E-state index is 0.449. The van der Waals surface area contributed by atoms with Crippen LogP contribution in [0.5, 0.6) is 0 Å². The highest BCUT2D eigenvalue weighted by Crippen LogP contribution is 2.41. The summed E-state index contributed by atoms with van der Waals surface area (Å²) in [4.78, 5) is 0. The summed E-state index contributed by atoms with van der Waals surface area (Å²) in [6.45, 7) is 5.15. The van der Waals surface area contributed by atoms with Gasteiger partial charge in [-0.25, -0.2) is 0 Å². The maximum absolute atomic E-state index is 9.08. The maximum Gasteiger partial charge on any atom is 0.127 e. The van der Waals surface area contributed by atoms with Gasteiger partial charge in [-0.05, 0) is 43.1 Å². The monoisotopic (exact) mass is 249 g/mol. The Morgan fingerprint density at radius 3 is 2.76 bits per heavy atom. The number of nitrogens with one attached hydrogen (secondary N) is 1. The largest absolute Gasteiger partial charge is 0.374 e. The summed E-state index contributed by atoms with van der Waals surface area (Å²) in [7, 11) is 0. The van der Waals surface area contributed by atoms with Crippen molar-refractivity contribution in [1.82, 2.24) is 4.37 Å². The van der Waals surface area contributed by atoms with Crippen LogP contribution in [0.4, 0.5) is 5.00 Å². The lowest BCUT2D eigenvalue weighted by atomic mass is 9.83. The fraction of sp³-hybridized carbons (Fsp3) is 0.692. The third-order valence-electron chi connectivity index (χ3n) is 4.01. The van der Waals surface area contributed by atoms with E-state index in [4.69, 9.17) is 5.26 Å². The lowest BCUT2D eigenvalue weighted by Gasteiger charge is -2.27. The van der Waals surface area contributed by atoms with Gasteiger partial charge in [-0.3, -0.25) is 0 Å². The molecule has 2 rings (SSSR count). The third-order valence-corrected chi connectivity index (χ3v) is 4.91. The van der Waals surface area contributed by atoms with Crippen molar-refractivity contribution in [3.8, 4) is 6.07 Å². The van der Waals surface area contributed by atoms with Crippen molar-refractivity contribution >= 4 is 16.5 Å². The minimum Gasteiger partial charge on any atom is -0.374 e.